The third-order valence-corrected chi connectivity index (χ3v) is 4.10. The molecule has 0 radical (unpaired) electrons. The highest BCUT2D eigenvalue weighted by Gasteiger charge is 2.20. The second-order valence-corrected chi connectivity index (χ2v) is 5.86. The quantitative estimate of drug-likeness (QED) is 0.648. The number of phenols is 1. The van der Waals surface area contributed by atoms with Crippen molar-refractivity contribution in [3.8, 4) is 5.75 Å². The zero-order chi connectivity index (χ0) is 17.5. The van der Waals surface area contributed by atoms with Crippen LogP contribution in [0.2, 0.25) is 0 Å². The van der Waals surface area contributed by atoms with E-state index in [1.807, 2.05) is 18.2 Å². The largest absolute Gasteiger partial charge is 0.508 e. The molecule has 1 aromatic heterocycles. The number of aromatic nitrogens is 2. The highest BCUT2D eigenvalue weighted by Crippen LogP contribution is 2.12. The van der Waals surface area contributed by atoms with Gasteiger partial charge in [-0.1, -0.05) is 12.1 Å². The highest BCUT2D eigenvalue weighted by molar-refractivity contribution is 5.80. The number of nitrogens with zero attached hydrogens (tertiary/aromatic N) is 5. The van der Waals surface area contributed by atoms with E-state index in [4.69, 9.17) is 4.99 Å². The third-order valence-electron chi connectivity index (χ3n) is 4.10. The average molecular weight is 340 g/mol. The summed E-state index contributed by atoms with van der Waals surface area (Å²) in [7, 11) is 0. The summed E-state index contributed by atoms with van der Waals surface area (Å²) >= 11 is 0. The molecule has 0 amide bonds. The van der Waals surface area contributed by atoms with E-state index in [2.05, 4.69) is 32.0 Å². The van der Waals surface area contributed by atoms with Crippen LogP contribution in [0.4, 0.5) is 5.95 Å². The van der Waals surface area contributed by atoms with Crippen LogP contribution in [-0.4, -0.2) is 58.7 Å². The van der Waals surface area contributed by atoms with Gasteiger partial charge in [0.05, 0.1) is 6.54 Å². The van der Waals surface area contributed by atoms with Gasteiger partial charge in [-0.05, 0) is 30.7 Å². The standard InChI is InChI=1S/C18H24N6O/c1-2-19-17(22-14-15-4-6-16(25)7-5-15)23-10-12-24(13-11-23)18-20-8-3-9-21-18/h3-9,25H,2,10-14H2,1H3,(H,19,22). The van der Waals surface area contributed by atoms with Crippen LogP contribution in [0, 0.1) is 0 Å². The summed E-state index contributed by atoms with van der Waals surface area (Å²) in [6, 6.07) is 9.01. The minimum atomic E-state index is 0.277. The molecule has 25 heavy (non-hydrogen) atoms. The number of nitrogens with one attached hydrogen (secondary N) is 1. The molecule has 0 saturated carbocycles. The molecule has 0 bridgehead atoms. The van der Waals surface area contributed by atoms with Crippen molar-refractivity contribution in [1.82, 2.24) is 20.2 Å². The van der Waals surface area contributed by atoms with Gasteiger partial charge in [0.1, 0.15) is 5.75 Å². The Kier molecular flexibility index (Phi) is 5.66. The van der Waals surface area contributed by atoms with Crippen molar-refractivity contribution in [2.75, 3.05) is 37.6 Å². The van der Waals surface area contributed by atoms with Gasteiger partial charge in [0.15, 0.2) is 5.96 Å². The molecular formula is C18H24N6O. The molecule has 1 aliphatic heterocycles. The van der Waals surface area contributed by atoms with Crippen LogP contribution in [0.3, 0.4) is 0 Å². The molecule has 1 fully saturated rings. The Hall–Kier alpha value is -2.83. The van der Waals surface area contributed by atoms with Crippen molar-refractivity contribution in [2.24, 2.45) is 4.99 Å². The Morgan fingerprint density at radius 1 is 1.12 bits per heavy atom. The Labute approximate surface area is 148 Å². The van der Waals surface area contributed by atoms with E-state index in [1.165, 1.54) is 0 Å². The van der Waals surface area contributed by atoms with Gasteiger partial charge in [0.2, 0.25) is 5.95 Å². The number of aliphatic imine (C=N–C) groups is 1. The maximum absolute atomic E-state index is 9.37. The zero-order valence-electron chi connectivity index (χ0n) is 14.5. The fourth-order valence-electron chi connectivity index (χ4n) is 2.77. The fourth-order valence-corrected chi connectivity index (χ4v) is 2.77. The van der Waals surface area contributed by atoms with Crippen LogP contribution >= 0.6 is 0 Å². The number of hydrogen-bond donors (Lipinski definition) is 2. The summed E-state index contributed by atoms with van der Waals surface area (Å²) in [6.07, 6.45) is 3.55. The first-order valence-electron chi connectivity index (χ1n) is 8.59. The van der Waals surface area contributed by atoms with E-state index < -0.39 is 0 Å². The first kappa shape index (κ1) is 17.0. The molecule has 0 unspecified atom stereocenters. The lowest BCUT2D eigenvalue weighted by Gasteiger charge is -2.36. The first-order valence-corrected chi connectivity index (χ1v) is 8.59. The van der Waals surface area contributed by atoms with Crippen molar-refractivity contribution in [2.45, 2.75) is 13.5 Å². The van der Waals surface area contributed by atoms with Crippen LogP contribution in [0.25, 0.3) is 0 Å². The maximum Gasteiger partial charge on any atom is 0.225 e. The number of anilines is 1. The van der Waals surface area contributed by atoms with E-state index in [9.17, 15) is 5.11 Å². The van der Waals surface area contributed by atoms with Crippen LogP contribution in [0.5, 0.6) is 5.75 Å². The van der Waals surface area contributed by atoms with Crippen molar-refractivity contribution in [3.05, 3.63) is 48.3 Å². The number of aromatic hydroxyl groups is 1. The molecule has 1 aromatic carbocycles. The zero-order valence-corrected chi connectivity index (χ0v) is 14.5. The predicted molar refractivity (Wildman–Crippen MR) is 98.7 cm³/mol. The lowest BCUT2D eigenvalue weighted by molar-refractivity contribution is 0.370. The molecule has 3 rings (SSSR count). The molecule has 2 aromatic rings. The van der Waals surface area contributed by atoms with Gasteiger partial charge in [-0.25, -0.2) is 15.0 Å². The lowest BCUT2D eigenvalue weighted by atomic mass is 10.2. The van der Waals surface area contributed by atoms with Crippen LogP contribution < -0.4 is 10.2 Å². The molecule has 7 nitrogen and oxygen atoms in total. The molecule has 0 atom stereocenters. The van der Waals surface area contributed by atoms with E-state index in [0.29, 0.717) is 6.54 Å². The predicted octanol–water partition coefficient (Wildman–Crippen LogP) is 1.47. The third kappa shape index (κ3) is 4.59. The summed E-state index contributed by atoms with van der Waals surface area (Å²) in [4.78, 5) is 17.8. The van der Waals surface area contributed by atoms with E-state index >= 15 is 0 Å². The van der Waals surface area contributed by atoms with Crippen LogP contribution in [0.1, 0.15) is 12.5 Å². The maximum atomic E-state index is 9.37. The second-order valence-electron chi connectivity index (χ2n) is 5.86. The van der Waals surface area contributed by atoms with Gasteiger partial charge in [0.25, 0.3) is 0 Å². The molecule has 2 N–H and O–H groups in total. The lowest BCUT2D eigenvalue weighted by Crippen LogP contribution is -2.52. The molecule has 132 valence electrons. The number of guanidine groups is 1. The van der Waals surface area contributed by atoms with Crippen LogP contribution in [-0.2, 0) is 6.54 Å². The summed E-state index contributed by atoms with van der Waals surface area (Å²) in [5.74, 6) is 1.98. The van der Waals surface area contributed by atoms with Gasteiger partial charge < -0.3 is 20.2 Å². The van der Waals surface area contributed by atoms with Gasteiger partial charge in [0, 0.05) is 45.1 Å². The van der Waals surface area contributed by atoms with Gasteiger partial charge in [-0.2, -0.15) is 0 Å². The molecular weight excluding hydrogens is 316 g/mol. The first-order chi connectivity index (χ1) is 12.3. The molecule has 1 saturated heterocycles. The van der Waals surface area contributed by atoms with Crippen molar-refractivity contribution in [1.29, 1.82) is 0 Å². The van der Waals surface area contributed by atoms with E-state index in [0.717, 1.165) is 50.2 Å². The number of benzene rings is 1. The normalized spacial score (nSPS) is 15.3. The smallest absolute Gasteiger partial charge is 0.225 e. The molecule has 0 spiro atoms. The van der Waals surface area contributed by atoms with E-state index in [-0.39, 0.29) is 5.75 Å². The Balaban J connectivity index is 1.61. The monoisotopic (exact) mass is 340 g/mol. The van der Waals surface area contributed by atoms with Crippen molar-refractivity contribution < 1.29 is 5.11 Å². The number of piperazine rings is 1. The number of rotatable bonds is 4. The van der Waals surface area contributed by atoms with Gasteiger partial charge >= 0.3 is 0 Å². The summed E-state index contributed by atoms with van der Waals surface area (Å²) in [5, 5.41) is 12.7. The second kappa shape index (κ2) is 8.32. The van der Waals surface area contributed by atoms with Gasteiger partial charge in [-0.3, -0.25) is 0 Å². The SMILES string of the molecule is CCNC(=NCc1ccc(O)cc1)N1CCN(c2ncccn2)CC1. The topological polar surface area (TPSA) is 76.9 Å². The number of hydrogen-bond acceptors (Lipinski definition) is 5. The molecule has 1 aliphatic rings. The van der Waals surface area contributed by atoms with Crippen molar-refractivity contribution >= 4 is 11.9 Å². The van der Waals surface area contributed by atoms with Gasteiger partial charge in [-0.15, -0.1) is 0 Å². The Morgan fingerprint density at radius 2 is 1.80 bits per heavy atom. The van der Waals surface area contributed by atoms with Crippen LogP contribution in [0.15, 0.2) is 47.7 Å². The van der Waals surface area contributed by atoms with Crippen molar-refractivity contribution in [3.63, 3.8) is 0 Å². The fraction of sp³-hybridized carbons (Fsp3) is 0.389. The average Bonchev–Trinajstić information content (AvgIpc) is 2.67. The summed E-state index contributed by atoms with van der Waals surface area (Å²) in [5.41, 5.74) is 1.07. The Bertz CT molecular complexity index is 680. The Morgan fingerprint density at radius 3 is 2.44 bits per heavy atom. The summed E-state index contributed by atoms with van der Waals surface area (Å²) in [6.45, 7) is 6.98. The molecule has 2 heterocycles. The van der Waals surface area contributed by atoms with E-state index in [1.54, 1.807) is 24.5 Å². The molecule has 7 heteroatoms. The number of phenolic OH excluding ortho intramolecular Hbond substituents is 1. The minimum Gasteiger partial charge on any atom is -0.508 e. The minimum absolute atomic E-state index is 0.277. The molecule has 0 aliphatic carbocycles. The summed E-state index contributed by atoms with van der Waals surface area (Å²) < 4.78 is 0. The highest BCUT2D eigenvalue weighted by atomic mass is 16.3.